The fourth-order valence-electron chi connectivity index (χ4n) is 1.15. The van der Waals surface area contributed by atoms with Gasteiger partial charge in [0.15, 0.2) is 6.10 Å². The van der Waals surface area contributed by atoms with Crippen molar-refractivity contribution in [2.45, 2.75) is 6.10 Å². The highest BCUT2D eigenvalue weighted by Crippen LogP contribution is 1.97. The maximum absolute atomic E-state index is 10.9. The second-order valence-electron chi connectivity index (χ2n) is 3.75. The summed E-state index contributed by atoms with van der Waals surface area (Å²) in [5.74, 6) is -0.473. The van der Waals surface area contributed by atoms with Gasteiger partial charge in [0.2, 0.25) is 6.08 Å². The smallest absolute Gasteiger partial charge is 0.367 e. The molecule has 0 amide bonds. The van der Waals surface area contributed by atoms with Crippen LogP contribution in [0.2, 0.25) is 0 Å². The van der Waals surface area contributed by atoms with E-state index in [1.54, 1.807) is 0 Å². The lowest BCUT2D eigenvalue weighted by molar-refractivity contribution is -0.144. The lowest BCUT2D eigenvalue weighted by Gasteiger charge is -2.21. The van der Waals surface area contributed by atoms with E-state index in [9.17, 15) is 4.79 Å². The average molecular weight is 199 g/mol. The van der Waals surface area contributed by atoms with Crippen LogP contribution >= 0.6 is 0 Å². The van der Waals surface area contributed by atoms with E-state index >= 15 is 0 Å². The van der Waals surface area contributed by atoms with E-state index in [4.69, 9.17) is 11.3 Å². The van der Waals surface area contributed by atoms with Crippen molar-refractivity contribution in [3.63, 3.8) is 0 Å². The minimum atomic E-state index is -0.473. The molecular formula is C10H19N2O2+. The van der Waals surface area contributed by atoms with E-state index < -0.39 is 5.97 Å². The molecule has 0 saturated heterocycles. The average Bonchev–Trinajstić information content (AvgIpc) is 2.01. The highest BCUT2D eigenvalue weighted by molar-refractivity contribution is 5.80. The Labute approximate surface area is 86.1 Å². The molecule has 0 saturated carbocycles. The van der Waals surface area contributed by atoms with Crippen molar-refractivity contribution in [3.05, 3.63) is 12.7 Å². The van der Waals surface area contributed by atoms with Crippen LogP contribution in [-0.4, -0.2) is 63.2 Å². The van der Waals surface area contributed by atoms with Gasteiger partial charge in [-0.05, 0) is 28.2 Å². The SMILES string of the molecule is [CH+]=CC(=O)OC(CN(C)C)CN(C)C. The third-order valence-corrected chi connectivity index (χ3v) is 1.56. The van der Waals surface area contributed by atoms with E-state index in [0.717, 1.165) is 6.08 Å². The molecule has 4 heteroatoms. The summed E-state index contributed by atoms with van der Waals surface area (Å²) in [6.07, 6.45) is 0.797. The van der Waals surface area contributed by atoms with Crippen LogP contribution in [0.1, 0.15) is 0 Å². The molecule has 14 heavy (non-hydrogen) atoms. The molecule has 0 aromatic heterocycles. The Morgan fingerprint density at radius 1 is 1.29 bits per heavy atom. The van der Waals surface area contributed by atoms with Crippen molar-refractivity contribution in [2.75, 3.05) is 41.3 Å². The van der Waals surface area contributed by atoms with Crippen molar-refractivity contribution in [1.82, 2.24) is 9.80 Å². The lowest BCUT2D eigenvalue weighted by atomic mass is 10.3. The molecule has 0 rings (SSSR count). The molecule has 0 aliphatic carbocycles. The molecular weight excluding hydrogens is 180 g/mol. The highest BCUT2D eigenvalue weighted by Gasteiger charge is 2.19. The van der Waals surface area contributed by atoms with Gasteiger partial charge in [0.05, 0.1) is 6.58 Å². The molecule has 0 aromatic rings. The monoisotopic (exact) mass is 199 g/mol. The highest BCUT2D eigenvalue weighted by atomic mass is 16.5. The molecule has 0 aromatic carbocycles. The Balaban J connectivity index is 4.09. The van der Waals surface area contributed by atoms with Crippen molar-refractivity contribution in [1.29, 1.82) is 0 Å². The zero-order valence-corrected chi connectivity index (χ0v) is 9.36. The molecule has 0 unspecified atom stereocenters. The van der Waals surface area contributed by atoms with Crippen molar-refractivity contribution < 1.29 is 9.53 Å². The number of carbonyl (C=O) groups excluding carboxylic acids is 1. The maximum Gasteiger partial charge on any atom is 0.484 e. The summed E-state index contributed by atoms with van der Waals surface area (Å²) in [6.45, 7) is 6.44. The van der Waals surface area contributed by atoms with Crippen molar-refractivity contribution in [3.8, 4) is 0 Å². The molecule has 0 heterocycles. The summed E-state index contributed by atoms with van der Waals surface area (Å²) < 4.78 is 5.12. The predicted molar refractivity (Wildman–Crippen MR) is 55.9 cm³/mol. The number of nitrogens with zero attached hydrogens (tertiary/aromatic N) is 2. The molecule has 0 atom stereocenters. The summed E-state index contributed by atoms with van der Waals surface area (Å²) in [6, 6.07) is 0. The quantitative estimate of drug-likeness (QED) is 0.343. The first-order valence-electron chi connectivity index (χ1n) is 4.50. The largest absolute Gasteiger partial charge is 0.484 e. The van der Waals surface area contributed by atoms with Crippen molar-refractivity contribution in [2.24, 2.45) is 0 Å². The molecule has 0 radical (unpaired) electrons. The van der Waals surface area contributed by atoms with Gasteiger partial charge in [-0.1, -0.05) is 0 Å². The topological polar surface area (TPSA) is 32.8 Å². The van der Waals surface area contributed by atoms with Gasteiger partial charge in [0.25, 0.3) is 0 Å². The van der Waals surface area contributed by atoms with Crippen LogP contribution in [0.25, 0.3) is 0 Å². The standard InChI is InChI=1S/C10H19N2O2/c1-6-10(13)14-9(7-11(2)3)8-12(4)5/h1,6,9H,7-8H2,2-5H3/q+1. The minimum absolute atomic E-state index is 0.146. The second kappa shape index (κ2) is 6.49. The van der Waals surface area contributed by atoms with E-state index in [0.29, 0.717) is 13.1 Å². The number of hydrogen-bond acceptors (Lipinski definition) is 4. The van der Waals surface area contributed by atoms with Gasteiger partial charge in [-0.3, -0.25) is 0 Å². The Kier molecular flexibility index (Phi) is 6.04. The Morgan fingerprint density at radius 3 is 2.00 bits per heavy atom. The number of rotatable bonds is 6. The van der Waals surface area contributed by atoms with E-state index in [-0.39, 0.29) is 6.10 Å². The van der Waals surface area contributed by atoms with Crippen LogP contribution in [0, 0.1) is 6.58 Å². The maximum atomic E-state index is 10.9. The first-order valence-corrected chi connectivity index (χ1v) is 4.50. The molecule has 0 aliphatic rings. The van der Waals surface area contributed by atoms with E-state index in [1.165, 1.54) is 0 Å². The van der Waals surface area contributed by atoms with Crippen LogP contribution in [0.15, 0.2) is 6.08 Å². The van der Waals surface area contributed by atoms with Gasteiger partial charge in [-0.25, -0.2) is 0 Å². The summed E-state index contributed by atoms with van der Waals surface area (Å²) in [7, 11) is 7.73. The van der Waals surface area contributed by atoms with Gasteiger partial charge in [-0.2, -0.15) is 0 Å². The first kappa shape index (κ1) is 13.0. The molecule has 0 N–H and O–H groups in total. The summed E-state index contributed by atoms with van der Waals surface area (Å²) in [5.41, 5.74) is 0. The van der Waals surface area contributed by atoms with Crippen LogP contribution in [-0.2, 0) is 9.53 Å². The summed E-state index contributed by atoms with van der Waals surface area (Å²) in [4.78, 5) is 14.9. The Bertz CT molecular complexity index is 181. The first-order chi connectivity index (χ1) is 6.45. The molecule has 0 bridgehead atoms. The minimum Gasteiger partial charge on any atom is -0.367 e. The third-order valence-electron chi connectivity index (χ3n) is 1.56. The summed E-state index contributed by atoms with van der Waals surface area (Å²) in [5, 5.41) is 0. The van der Waals surface area contributed by atoms with Crippen LogP contribution in [0.3, 0.4) is 0 Å². The molecule has 0 aliphatic heterocycles. The second-order valence-corrected chi connectivity index (χ2v) is 3.75. The van der Waals surface area contributed by atoms with Gasteiger partial charge in [-0.15, -0.1) is 4.79 Å². The number of esters is 1. The number of hydrogen-bond donors (Lipinski definition) is 0. The number of likely N-dealkylation sites (N-methyl/N-ethyl adjacent to an activating group) is 2. The van der Waals surface area contributed by atoms with Crippen LogP contribution in [0.5, 0.6) is 0 Å². The lowest BCUT2D eigenvalue weighted by Crippen LogP contribution is -2.37. The molecule has 0 fully saturated rings. The van der Waals surface area contributed by atoms with E-state index in [2.05, 4.69) is 0 Å². The normalized spacial score (nSPS) is 11.0. The van der Waals surface area contributed by atoms with Gasteiger partial charge in [0, 0.05) is 13.1 Å². The number of ether oxygens (including phenoxy) is 1. The van der Waals surface area contributed by atoms with Gasteiger partial charge in [0.1, 0.15) is 0 Å². The van der Waals surface area contributed by atoms with Gasteiger partial charge >= 0.3 is 5.97 Å². The molecule has 80 valence electrons. The van der Waals surface area contributed by atoms with Crippen molar-refractivity contribution >= 4 is 5.97 Å². The Morgan fingerprint density at radius 2 is 1.71 bits per heavy atom. The van der Waals surface area contributed by atoms with Gasteiger partial charge < -0.3 is 14.5 Å². The predicted octanol–water partition coefficient (Wildman–Crippen LogP) is 0.0106. The fraction of sp³-hybridized carbons (Fsp3) is 0.700. The number of carbonyl (C=O) groups is 1. The molecule has 0 spiro atoms. The zero-order valence-electron chi connectivity index (χ0n) is 9.36. The van der Waals surface area contributed by atoms with Crippen LogP contribution < -0.4 is 0 Å². The summed E-state index contributed by atoms with van der Waals surface area (Å²) >= 11 is 0. The molecule has 4 nitrogen and oxygen atoms in total. The van der Waals surface area contributed by atoms with E-state index in [1.807, 2.05) is 38.0 Å². The fourth-order valence-corrected chi connectivity index (χ4v) is 1.15. The third kappa shape index (κ3) is 6.54. The Hall–Kier alpha value is -0.960. The zero-order chi connectivity index (χ0) is 11.1. The van der Waals surface area contributed by atoms with Crippen LogP contribution in [0.4, 0.5) is 0 Å².